The minimum Gasteiger partial charge on any atom is -0.383 e. The van der Waals surface area contributed by atoms with Gasteiger partial charge in [0.25, 0.3) is 5.91 Å². The van der Waals surface area contributed by atoms with Gasteiger partial charge in [0.1, 0.15) is 17.2 Å². The number of amides is 1. The van der Waals surface area contributed by atoms with Gasteiger partial charge in [-0.15, -0.1) is 11.8 Å². The molecule has 2 aromatic rings. The SMILES string of the molecule is Cc1nc(CSc2ccccc2)nc(N)c1C(N)=O. The van der Waals surface area contributed by atoms with Crippen molar-refractivity contribution >= 4 is 23.5 Å². The van der Waals surface area contributed by atoms with E-state index in [2.05, 4.69) is 9.97 Å². The van der Waals surface area contributed by atoms with Gasteiger partial charge < -0.3 is 11.5 Å². The quantitative estimate of drug-likeness (QED) is 0.828. The molecule has 19 heavy (non-hydrogen) atoms. The normalized spacial score (nSPS) is 10.4. The van der Waals surface area contributed by atoms with Crippen LogP contribution < -0.4 is 11.5 Å². The lowest BCUT2D eigenvalue weighted by Gasteiger charge is -2.07. The first kappa shape index (κ1) is 13.4. The van der Waals surface area contributed by atoms with Crippen molar-refractivity contribution in [2.75, 3.05) is 5.73 Å². The highest BCUT2D eigenvalue weighted by Crippen LogP contribution is 2.22. The lowest BCUT2D eigenvalue weighted by atomic mass is 10.2. The van der Waals surface area contributed by atoms with Crippen LogP contribution in [0.4, 0.5) is 5.82 Å². The number of nitrogen functional groups attached to an aromatic ring is 1. The lowest BCUT2D eigenvalue weighted by molar-refractivity contribution is 0.1000. The van der Waals surface area contributed by atoms with Crippen LogP contribution in [0.25, 0.3) is 0 Å². The zero-order chi connectivity index (χ0) is 13.8. The monoisotopic (exact) mass is 274 g/mol. The number of aromatic nitrogens is 2. The smallest absolute Gasteiger partial charge is 0.254 e. The Morgan fingerprint density at radius 3 is 2.53 bits per heavy atom. The highest BCUT2D eigenvalue weighted by molar-refractivity contribution is 7.98. The number of primary amides is 1. The molecular formula is C13H14N4OS. The summed E-state index contributed by atoms with van der Waals surface area (Å²) in [7, 11) is 0. The summed E-state index contributed by atoms with van der Waals surface area (Å²) in [5, 5.41) is 0. The largest absolute Gasteiger partial charge is 0.383 e. The lowest BCUT2D eigenvalue weighted by Crippen LogP contribution is -2.18. The molecule has 0 spiro atoms. The molecule has 0 fully saturated rings. The number of nitrogens with two attached hydrogens (primary N) is 2. The maximum atomic E-state index is 11.2. The molecule has 0 aliphatic heterocycles. The molecule has 1 aromatic heterocycles. The van der Waals surface area contributed by atoms with Crippen molar-refractivity contribution in [3.05, 3.63) is 47.4 Å². The van der Waals surface area contributed by atoms with Gasteiger partial charge in [-0.3, -0.25) is 4.79 Å². The zero-order valence-corrected chi connectivity index (χ0v) is 11.3. The first-order valence-electron chi connectivity index (χ1n) is 5.68. The predicted molar refractivity (Wildman–Crippen MR) is 75.7 cm³/mol. The summed E-state index contributed by atoms with van der Waals surface area (Å²) >= 11 is 1.61. The molecule has 98 valence electrons. The maximum Gasteiger partial charge on any atom is 0.254 e. The zero-order valence-electron chi connectivity index (χ0n) is 10.5. The number of carbonyl (C=O) groups is 1. The van der Waals surface area contributed by atoms with E-state index in [-0.39, 0.29) is 11.4 Å². The molecule has 1 amide bonds. The molecule has 0 unspecified atom stereocenters. The van der Waals surface area contributed by atoms with Crippen molar-refractivity contribution in [2.24, 2.45) is 5.73 Å². The number of rotatable bonds is 4. The van der Waals surface area contributed by atoms with Gasteiger partial charge >= 0.3 is 0 Å². The summed E-state index contributed by atoms with van der Waals surface area (Å²) in [6.07, 6.45) is 0. The maximum absolute atomic E-state index is 11.2. The molecule has 1 heterocycles. The van der Waals surface area contributed by atoms with E-state index in [4.69, 9.17) is 11.5 Å². The third kappa shape index (κ3) is 3.23. The fourth-order valence-corrected chi connectivity index (χ4v) is 2.46. The Morgan fingerprint density at radius 1 is 1.26 bits per heavy atom. The van der Waals surface area contributed by atoms with Crippen LogP contribution in [0.5, 0.6) is 0 Å². The van der Waals surface area contributed by atoms with E-state index in [9.17, 15) is 4.79 Å². The number of carbonyl (C=O) groups excluding carboxylic acids is 1. The summed E-state index contributed by atoms with van der Waals surface area (Å²) < 4.78 is 0. The van der Waals surface area contributed by atoms with Gasteiger partial charge in [-0.2, -0.15) is 0 Å². The third-order valence-corrected chi connectivity index (χ3v) is 3.53. The third-order valence-electron chi connectivity index (χ3n) is 2.52. The molecule has 0 saturated heterocycles. The van der Waals surface area contributed by atoms with E-state index in [0.717, 1.165) is 4.90 Å². The number of hydrogen-bond donors (Lipinski definition) is 2. The Kier molecular flexibility index (Phi) is 4.01. The predicted octanol–water partition coefficient (Wildman–Crippen LogP) is 1.76. The van der Waals surface area contributed by atoms with Crippen molar-refractivity contribution in [2.45, 2.75) is 17.6 Å². The molecule has 0 radical (unpaired) electrons. The topological polar surface area (TPSA) is 94.9 Å². The molecule has 5 nitrogen and oxygen atoms in total. The first-order valence-corrected chi connectivity index (χ1v) is 6.67. The molecule has 0 aliphatic carbocycles. The number of nitrogens with zero attached hydrogens (tertiary/aromatic N) is 2. The second-order valence-electron chi connectivity index (χ2n) is 3.95. The molecule has 0 saturated carbocycles. The summed E-state index contributed by atoms with van der Waals surface area (Å²) in [6, 6.07) is 9.93. The number of benzene rings is 1. The van der Waals surface area contributed by atoms with Crippen molar-refractivity contribution in [3.63, 3.8) is 0 Å². The first-order chi connectivity index (χ1) is 9.08. The highest BCUT2D eigenvalue weighted by atomic mass is 32.2. The van der Waals surface area contributed by atoms with Crippen LogP contribution in [-0.2, 0) is 5.75 Å². The minimum absolute atomic E-state index is 0.142. The number of aryl methyl sites for hydroxylation is 1. The Balaban J connectivity index is 2.16. The van der Waals surface area contributed by atoms with Crippen LogP contribution in [0.15, 0.2) is 35.2 Å². The summed E-state index contributed by atoms with van der Waals surface area (Å²) in [5.41, 5.74) is 11.7. The molecule has 2 rings (SSSR count). The Morgan fingerprint density at radius 2 is 1.95 bits per heavy atom. The van der Waals surface area contributed by atoms with E-state index in [1.54, 1.807) is 18.7 Å². The fourth-order valence-electron chi connectivity index (χ4n) is 1.69. The summed E-state index contributed by atoms with van der Waals surface area (Å²) in [4.78, 5) is 20.7. The Bertz CT molecular complexity index is 578. The summed E-state index contributed by atoms with van der Waals surface area (Å²) in [5.74, 6) is 0.725. The average Bonchev–Trinajstić information content (AvgIpc) is 2.36. The van der Waals surface area contributed by atoms with Gasteiger partial charge in [0.05, 0.1) is 11.4 Å². The molecule has 1 aromatic carbocycles. The highest BCUT2D eigenvalue weighted by Gasteiger charge is 2.13. The van der Waals surface area contributed by atoms with Crippen LogP contribution in [0.2, 0.25) is 0 Å². The number of hydrogen-bond acceptors (Lipinski definition) is 5. The minimum atomic E-state index is -0.600. The molecule has 0 atom stereocenters. The van der Waals surface area contributed by atoms with Gasteiger partial charge in [0, 0.05) is 4.90 Å². The van der Waals surface area contributed by atoms with Gasteiger partial charge in [0.2, 0.25) is 0 Å². The van der Waals surface area contributed by atoms with Crippen molar-refractivity contribution in [1.82, 2.24) is 9.97 Å². The van der Waals surface area contributed by atoms with Crippen LogP contribution >= 0.6 is 11.8 Å². The molecule has 0 aliphatic rings. The summed E-state index contributed by atoms with van der Waals surface area (Å²) in [6.45, 7) is 1.70. The fraction of sp³-hybridized carbons (Fsp3) is 0.154. The van der Waals surface area contributed by atoms with Gasteiger partial charge in [-0.05, 0) is 19.1 Å². The van der Waals surface area contributed by atoms with E-state index in [1.807, 2.05) is 30.3 Å². The van der Waals surface area contributed by atoms with Crippen LogP contribution in [-0.4, -0.2) is 15.9 Å². The Labute approximate surface area is 115 Å². The van der Waals surface area contributed by atoms with Gasteiger partial charge in [-0.25, -0.2) is 9.97 Å². The van der Waals surface area contributed by atoms with Crippen LogP contribution in [0.1, 0.15) is 21.9 Å². The molecule has 0 bridgehead atoms. The van der Waals surface area contributed by atoms with Crippen LogP contribution in [0.3, 0.4) is 0 Å². The number of thioether (sulfide) groups is 1. The molecule has 4 N–H and O–H groups in total. The molecule has 6 heteroatoms. The number of anilines is 1. The van der Waals surface area contributed by atoms with Crippen molar-refractivity contribution in [3.8, 4) is 0 Å². The van der Waals surface area contributed by atoms with Crippen molar-refractivity contribution in [1.29, 1.82) is 0 Å². The average molecular weight is 274 g/mol. The van der Waals surface area contributed by atoms with E-state index < -0.39 is 5.91 Å². The second kappa shape index (κ2) is 5.71. The molecular weight excluding hydrogens is 260 g/mol. The van der Waals surface area contributed by atoms with E-state index in [0.29, 0.717) is 17.3 Å². The Hall–Kier alpha value is -2.08. The second-order valence-corrected chi connectivity index (χ2v) is 5.00. The van der Waals surface area contributed by atoms with Gasteiger partial charge in [0.15, 0.2) is 0 Å². The van der Waals surface area contributed by atoms with E-state index in [1.165, 1.54) is 0 Å². The van der Waals surface area contributed by atoms with Crippen LogP contribution in [0, 0.1) is 6.92 Å². The standard InChI is InChI=1S/C13H14N4OS/c1-8-11(13(15)18)12(14)17-10(16-8)7-19-9-5-3-2-4-6-9/h2-6H,7H2,1H3,(H2,15,18)(H2,14,16,17). The van der Waals surface area contributed by atoms with Crippen molar-refractivity contribution < 1.29 is 4.79 Å². The van der Waals surface area contributed by atoms with Gasteiger partial charge in [-0.1, -0.05) is 18.2 Å². The van der Waals surface area contributed by atoms with E-state index >= 15 is 0 Å².